The van der Waals surface area contributed by atoms with E-state index in [1.54, 1.807) is 0 Å². The van der Waals surface area contributed by atoms with Crippen molar-refractivity contribution in [1.29, 1.82) is 0 Å². The molecule has 6 nitrogen and oxygen atoms in total. The largest absolute Gasteiger partial charge is 0.486 e. The van der Waals surface area contributed by atoms with Gasteiger partial charge in [0.25, 0.3) is 0 Å². The summed E-state index contributed by atoms with van der Waals surface area (Å²) in [5, 5.41) is 3.26. The molecule has 1 amide bonds. The maximum absolute atomic E-state index is 12.2. The van der Waals surface area contributed by atoms with Crippen molar-refractivity contribution in [3.63, 3.8) is 0 Å². The Balaban J connectivity index is 0.00000208. The third-order valence-corrected chi connectivity index (χ3v) is 4.26. The van der Waals surface area contributed by atoms with Gasteiger partial charge in [0.1, 0.15) is 12.7 Å². The minimum Gasteiger partial charge on any atom is -0.486 e. The number of hydrogen-bond donors (Lipinski definition) is 1. The van der Waals surface area contributed by atoms with Gasteiger partial charge in [-0.25, -0.2) is 0 Å². The minimum atomic E-state index is 0. The topological polar surface area (TPSA) is 54.0 Å². The van der Waals surface area contributed by atoms with E-state index in [1.807, 2.05) is 36.2 Å². The van der Waals surface area contributed by atoms with E-state index < -0.39 is 0 Å². The van der Waals surface area contributed by atoms with E-state index in [4.69, 9.17) is 9.47 Å². The van der Waals surface area contributed by atoms with Crippen LogP contribution in [0.5, 0.6) is 11.5 Å². The molecular weight excluding hydrogens is 330 g/mol. The smallest absolute Gasteiger partial charge is 0.223 e. The monoisotopic (exact) mass is 355 g/mol. The third kappa shape index (κ3) is 5.00. The molecule has 1 fully saturated rings. The SMILES string of the molecule is CN(CCC(=O)N1CCNCC1)CC1COc2ccccc2O1.Cl. The van der Waals surface area contributed by atoms with Gasteiger partial charge in [-0.15, -0.1) is 12.4 Å². The maximum Gasteiger partial charge on any atom is 0.223 e. The van der Waals surface area contributed by atoms with Gasteiger partial charge in [0.05, 0.1) is 0 Å². The summed E-state index contributed by atoms with van der Waals surface area (Å²) in [6.45, 7) is 5.47. The summed E-state index contributed by atoms with van der Waals surface area (Å²) in [5.74, 6) is 1.85. The molecule has 0 radical (unpaired) electrons. The van der Waals surface area contributed by atoms with Crippen LogP contribution in [-0.4, -0.2) is 74.7 Å². The van der Waals surface area contributed by atoms with E-state index >= 15 is 0 Å². The standard InChI is InChI=1S/C17H25N3O3.ClH/c1-19(9-6-17(21)20-10-7-18-8-11-20)12-14-13-22-15-4-2-3-5-16(15)23-14;/h2-5,14,18H,6-13H2,1H3;1H. The first kappa shape index (κ1) is 18.8. The first-order valence-corrected chi connectivity index (χ1v) is 8.28. The van der Waals surface area contributed by atoms with Crippen molar-refractivity contribution in [2.75, 3.05) is 52.9 Å². The van der Waals surface area contributed by atoms with Gasteiger partial charge in [-0.05, 0) is 19.2 Å². The summed E-state index contributed by atoms with van der Waals surface area (Å²) in [4.78, 5) is 16.3. The van der Waals surface area contributed by atoms with E-state index in [0.717, 1.165) is 50.8 Å². The second-order valence-corrected chi connectivity index (χ2v) is 6.14. The van der Waals surface area contributed by atoms with Gasteiger partial charge in [0.2, 0.25) is 5.91 Å². The predicted octanol–water partition coefficient (Wildman–Crippen LogP) is 1.00. The Morgan fingerprint density at radius 1 is 1.29 bits per heavy atom. The molecule has 0 spiro atoms. The number of benzene rings is 1. The quantitative estimate of drug-likeness (QED) is 0.854. The Bertz CT molecular complexity index is 538. The minimum absolute atomic E-state index is 0. The van der Waals surface area contributed by atoms with Gasteiger partial charge in [-0.1, -0.05) is 12.1 Å². The highest BCUT2D eigenvalue weighted by Gasteiger charge is 2.22. The number of amides is 1. The van der Waals surface area contributed by atoms with Crippen LogP contribution in [0.15, 0.2) is 24.3 Å². The summed E-state index contributed by atoms with van der Waals surface area (Å²) in [7, 11) is 2.02. The zero-order valence-electron chi connectivity index (χ0n) is 14.1. The number of ether oxygens (including phenoxy) is 2. The maximum atomic E-state index is 12.2. The Morgan fingerprint density at radius 3 is 2.75 bits per heavy atom. The van der Waals surface area contributed by atoms with Crippen LogP contribution in [0.1, 0.15) is 6.42 Å². The third-order valence-electron chi connectivity index (χ3n) is 4.26. The fraction of sp³-hybridized carbons (Fsp3) is 0.588. The molecule has 1 saturated heterocycles. The van der Waals surface area contributed by atoms with Crippen LogP contribution < -0.4 is 14.8 Å². The Hall–Kier alpha value is -1.50. The summed E-state index contributed by atoms with van der Waals surface area (Å²) in [6.07, 6.45) is 0.560. The van der Waals surface area contributed by atoms with Gasteiger partial charge in [0, 0.05) is 45.7 Å². The number of rotatable bonds is 5. The number of para-hydroxylation sites is 2. The van der Waals surface area contributed by atoms with E-state index in [-0.39, 0.29) is 24.4 Å². The molecule has 0 aromatic heterocycles. The van der Waals surface area contributed by atoms with Crippen molar-refractivity contribution in [1.82, 2.24) is 15.1 Å². The van der Waals surface area contributed by atoms with E-state index in [0.29, 0.717) is 13.0 Å². The Morgan fingerprint density at radius 2 is 2.00 bits per heavy atom. The van der Waals surface area contributed by atoms with Crippen LogP contribution in [0.2, 0.25) is 0 Å². The molecule has 1 aromatic carbocycles. The van der Waals surface area contributed by atoms with Gasteiger partial charge < -0.3 is 24.6 Å². The number of hydrogen-bond acceptors (Lipinski definition) is 5. The zero-order chi connectivity index (χ0) is 16.1. The molecule has 3 rings (SSSR count). The van der Waals surface area contributed by atoms with E-state index in [9.17, 15) is 4.79 Å². The number of halogens is 1. The fourth-order valence-electron chi connectivity index (χ4n) is 2.95. The number of piperazine rings is 1. The molecule has 7 heteroatoms. The Labute approximate surface area is 149 Å². The van der Waals surface area contributed by atoms with E-state index in [1.165, 1.54) is 0 Å². The molecule has 2 aliphatic heterocycles. The van der Waals surface area contributed by atoms with Gasteiger partial charge in [-0.3, -0.25) is 4.79 Å². The van der Waals surface area contributed by atoms with Gasteiger partial charge >= 0.3 is 0 Å². The molecule has 1 unspecified atom stereocenters. The summed E-state index contributed by atoms with van der Waals surface area (Å²) >= 11 is 0. The average Bonchev–Trinajstić information content (AvgIpc) is 2.60. The molecule has 24 heavy (non-hydrogen) atoms. The predicted molar refractivity (Wildman–Crippen MR) is 95.2 cm³/mol. The lowest BCUT2D eigenvalue weighted by atomic mass is 10.2. The molecule has 1 N–H and O–H groups in total. The van der Waals surface area contributed by atoms with Gasteiger partial charge in [0.15, 0.2) is 11.5 Å². The van der Waals surface area contributed by atoms with Crippen molar-refractivity contribution < 1.29 is 14.3 Å². The van der Waals surface area contributed by atoms with Crippen LogP contribution in [0.4, 0.5) is 0 Å². The van der Waals surface area contributed by atoms with Crippen LogP contribution >= 0.6 is 12.4 Å². The molecule has 0 bridgehead atoms. The van der Waals surface area contributed by atoms with Crippen LogP contribution in [0.3, 0.4) is 0 Å². The normalized spacial score (nSPS) is 19.8. The highest BCUT2D eigenvalue weighted by Crippen LogP contribution is 2.30. The highest BCUT2D eigenvalue weighted by molar-refractivity contribution is 5.85. The molecule has 134 valence electrons. The summed E-state index contributed by atoms with van der Waals surface area (Å²) in [6, 6.07) is 7.73. The lowest BCUT2D eigenvalue weighted by Crippen LogP contribution is -2.47. The Kier molecular flexibility index (Phi) is 7.15. The van der Waals surface area contributed by atoms with Crippen LogP contribution in [0.25, 0.3) is 0 Å². The summed E-state index contributed by atoms with van der Waals surface area (Å²) in [5.41, 5.74) is 0. The van der Waals surface area contributed by atoms with Crippen LogP contribution in [0, 0.1) is 0 Å². The highest BCUT2D eigenvalue weighted by atomic mass is 35.5. The van der Waals surface area contributed by atoms with Crippen molar-refractivity contribution in [2.24, 2.45) is 0 Å². The fourth-order valence-corrected chi connectivity index (χ4v) is 2.95. The van der Waals surface area contributed by atoms with Crippen molar-refractivity contribution in [2.45, 2.75) is 12.5 Å². The van der Waals surface area contributed by atoms with Gasteiger partial charge in [-0.2, -0.15) is 0 Å². The number of likely N-dealkylation sites (N-methyl/N-ethyl adjacent to an activating group) is 1. The van der Waals surface area contributed by atoms with Crippen molar-refractivity contribution >= 4 is 18.3 Å². The molecule has 2 heterocycles. The average molecular weight is 356 g/mol. The number of carbonyl (C=O) groups is 1. The molecule has 2 aliphatic rings. The zero-order valence-corrected chi connectivity index (χ0v) is 14.9. The first-order chi connectivity index (χ1) is 11.2. The summed E-state index contributed by atoms with van der Waals surface area (Å²) < 4.78 is 11.7. The van der Waals surface area contributed by atoms with Crippen molar-refractivity contribution in [3.8, 4) is 11.5 Å². The number of fused-ring (bicyclic) bond motifs is 1. The lowest BCUT2D eigenvalue weighted by Gasteiger charge is -2.30. The molecule has 0 aliphatic carbocycles. The lowest BCUT2D eigenvalue weighted by molar-refractivity contribution is -0.132. The second-order valence-electron chi connectivity index (χ2n) is 6.14. The molecule has 1 aromatic rings. The number of nitrogens with one attached hydrogen (secondary N) is 1. The van der Waals surface area contributed by atoms with Crippen LogP contribution in [-0.2, 0) is 4.79 Å². The number of carbonyl (C=O) groups excluding carboxylic acids is 1. The first-order valence-electron chi connectivity index (χ1n) is 8.28. The second kappa shape index (κ2) is 9.11. The molecule has 0 saturated carbocycles. The number of nitrogens with zero attached hydrogens (tertiary/aromatic N) is 2. The van der Waals surface area contributed by atoms with E-state index in [2.05, 4.69) is 10.2 Å². The molecular formula is C17H26ClN3O3. The van der Waals surface area contributed by atoms with Crippen molar-refractivity contribution in [3.05, 3.63) is 24.3 Å². The molecule has 1 atom stereocenters.